The molecule has 0 aliphatic rings. The van der Waals surface area contributed by atoms with E-state index in [0.29, 0.717) is 12.1 Å². The van der Waals surface area contributed by atoms with Gasteiger partial charge in [-0.3, -0.25) is 9.59 Å². The van der Waals surface area contributed by atoms with E-state index in [4.69, 9.17) is 0 Å². The Hall–Kier alpha value is -1.40. The molecule has 0 spiro atoms. The molecule has 2 amide bonds. The van der Waals surface area contributed by atoms with E-state index in [-0.39, 0.29) is 18.4 Å². The molecule has 110 valence electrons. The van der Waals surface area contributed by atoms with Crippen molar-refractivity contribution in [2.45, 2.75) is 6.42 Å². The van der Waals surface area contributed by atoms with Crippen molar-refractivity contribution in [2.75, 3.05) is 33.7 Å². The summed E-state index contributed by atoms with van der Waals surface area (Å²) in [7, 11) is 3.97. The van der Waals surface area contributed by atoms with Gasteiger partial charge in [-0.1, -0.05) is 22.0 Å². The first-order chi connectivity index (χ1) is 9.49. The Morgan fingerprint density at radius 1 is 1.25 bits per heavy atom. The predicted molar refractivity (Wildman–Crippen MR) is 82.7 cm³/mol. The van der Waals surface area contributed by atoms with Gasteiger partial charge in [0.2, 0.25) is 5.91 Å². The number of nitrogens with zero attached hydrogens (tertiary/aromatic N) is 1. The summed E-state index contributed by atoms with van der Waals surface area (Å²) in [4.78, 5) is 25.4. The Morgan fingerprint density at radius 2 is 2.00 bits per heavy atom. The molecule has 1 rings (SSSR count). The van der Waals surface area contributed by atoms with Crippen LogP contribution in [-0.4, -0.2) is 50.4 Å². The van der Waals surface area contributed by atoms with E-state index in [1.807, 2.05) is 20.2 Å². The average molecular weight is 342 g/mol. The molecule has 0 saturated carbocycles. The standard InChI is InChI=1S/C14H20BrN3O2/c1-18(2)8-4-7-16-13(19)10-17-14(20)11-5-3-6-12(15)9-11/h3,5-6,9H,4,7-8,10H2,1-2H3,(H,16,19)(H,17,20). The number of rotatable bonds is 7. The number of carbonyl (C=O) groups is 2. The van der Waals surface area contributed by atoms with E-state index >= 15 is 0 Å². The second-order valence-electron chi connectivity index (χ2n) is 4.70. The van der Waals surface area contributed by atoms with E-state index in [1.54, 1.807) is 18.2 Å². The van der Waals surface area contributed by atoms with Crippen molar-refractivity contribution in [3.63, 3.8) is 0 Å². The Balaban J connectivity index is 2.25. The van der Waals surface area contributed by atoms with Crippen molar-refractivity contribution in [3.05, 3.63) is 34.3 Å². The molecule has 0 bridgehead atoms. The fraction of sp³-hybridized carbons (Fsp3) is 0.429. The molecule has 20 heavy (non-hydrogen) atoms. The second kappa shape index (κ2) is 8.71. The van der Waals surface area contributed by atoms with E-state index in [2.05, 4.69) is 31.5 Å². The smallest absolute Gasteiger partial charge is 0.251 e. The van der Waals surface area contributed by atoms with Crippen molar-refractivity contribution in [1.82, 2.24) is 15.5 Å². The molecule has 1 aromatic rings. The highest BCUT2D eigenvalue weighted by atomic mass is 79.9. The Bertz CT molecular complexity index is 463. The minimum atomic E-state index is -0.255. The summed E-state index contributed by atoms with van der Waals surface area (Å²) in [6.45, 7) is 1.53. The molecule has 0 aliphatic carbocycles. The fourth-order valence-corrected chi connectivity index (χ4v) is 1.98. The summed E-state index contributed by atoms with van der Waals surface area (Å²) in [6.07, 6.45) is 0.887. The van der Waals surface area contributed by atoms with Crippen molar-refractivity contribution in [1.29, 1.82) is 0 Å². The molecule has 0 fully saturated rings. The van der Waals surface area contributed by atoms with Crippen LogP contribution in [0.1, 0.15) is 16.8 Å². The van der Waals surface area contributed by atoms with Gasteiger partial charge in [-0.05, 0) is 45.3 Å². The Kier molecular flexibility index (Phi) is 7.25. The van der Waals surface area contributed by atoms with E-state index in [9.17, 15) is 9.59 Å². The summed E-state index contributed by atoms with van der Waals surface area (Å²) in [5.41, 5.74) is 0.528. The highest BCUT2D eigenvalue weighted by molar-refractivity contribution is 9.10. The molecule has 1 aromatic carbocycles. The number of hydrogen-bond acceptors (Lipinski definition) is 3. The maximum atomic E-state index is 11.8. The monoisotopic (exact) mass is 341 g/mol. The van der Waals surface area contributed by atoms with Crippen LogP contribution in [0.2, 0.25) is 0 Å². The van der Waals surface area contributed by atoms with E-state index < -0.39 is 0 Å². The maximum Gasteiger partial charge on any atom is 0.251 e. The van der Waals surface area contributed by atoms with Crippen LogP contribution in [0.15, 0.2) is 28.7 Å². The predicted octanol–water partition coefficient (Wildman–Crippen LogP) is 1.25. The summed E-state index contributed by atoms with van der Waals surface area (Å²) in [6, 6.07) is 7.04. The minimum Gasteiger partial charge on any atom is -0.355 e. The first kappa shape index (κ1) is 16.7. The lowest BCUT2D eigenvalue weighted by Gasteiger charge is -2.10. The zero-order chi connectivity index (χ0) is 15.0. The topological polar surface area (TPSA) is 61.4 Å². The van der Waals surface area contributed by atoms with Gasteiger partial charge in [0.25, 0.3) is 5.91 Å². The molecule has 0 radical (unpaired) electrons. The van der Waals surface area contributed by atoms with Crippen LogP contribution in [0, 0.1) is 0 Å². The first-order valence-electron chi connectivity index (χ1n) is 6.44. The third-order valence-electron chi connectivity index (χ3n) is 2.60. The van der Waals surface area contributed by atoms with Gasteiger partial charge in [0.1, 0.15) is 0 Å². The SMILES string of the molecule is CN(C)CCCNC(=O)CNC(=O)c1cccc(Br)c1. The third-order valence-corrected chi connectivity index (χ3v) is 3.09. The van der Waals surface area contributed by atoms with Crippen molar-refractivity contribution in [3.8, 4) is 0 Å². The number of amides is 2. The molecule has 0 heterocycles. The van der Waals surface area contributed by atoms with Gasteiger partial charge in [-0.2, -0.15) is 0 Å². The van der Waals surface area contributed by atoms with Crippen LogP contribution < -0.4 is 10.6 Å². The van der Waals surface area contributed by atoms with E-state index in [1.165, 1.54) is 0 Å². The molecule has 2 N–H and O–H groups in total. The van der Waals surface area contributed by atoms with Crippen molar-refractivity contribution < 1.29 is 9.59 Å². The molecular formula is C14H20BrN3O2. The van der Waals surface area contributed by atoms with Crippen LogP contribution in [-0.2, 0) is 4.79 Å². The Labute approximate surface area is 127 Å². The summed E-state index contributed by atoms with van der Waals surface area (Å²) in [5, 5.41) is 5.36. The second-order valence-corrected chi connectivity index (χ2v) is 5.62. The lowest BCUT2D eigenvalue weighted by atomic mass is 10.2. The average Bonchev–Trinajstić information content (AvgIpc) is 2.40. The van der Waals surface area contributed by atoms with Gasteiger partial charge < -0.3 is 15.5 Å². The van der Waals surface area contributed by atoms with Gasteiger partial charge in [-0.15, -0.1) is 0 Å². The van der Waals surface area contributed by atoms with Crippen LogP contribution in [0.5, 0.6) is 0 Å². The fourth-order valence-electron chi connectivity index (χ4n) is 1.58. The Morgan fingerprint density at radius 3 is 2.65 bits per heavy atom. The zero-order valence-electron chi connectivity index (χ0n) is 11.8. The molecule has 0 saturated heterocycles. The molecular weight excluding hydrogens is 322 g/mol. The van der Waals surface area contributed by atoms with Gasteiger partial charge in [0, 0.05) is 16.6 Å². The first-order valence-corrected chi connectivity index (χ1v) is 7.23. The molecule has 0 aromatic heterocycles. The molecule has 6 heteroatoms. The van der Waals surface area contributed by atoms with Crippen molar-refractivity contribution >= 4 is 27.7 Å². The van der Waals surface area contributed by atoms with Gasteiger partial charge >= 0.3 is 0 Å². The lowest BCUT2D eigenvalue weighted by Crippen LogP contribution is -2.37. The summed E-state index contributed by atoms with van der Waals surface area (Å²) in [5.74, 6) is -0.429. The minimum absolute atomic E-state index is 0.00664. The zero-order valence-corrected chi connectivity index (χ0v) is 13.4. The summed E-state index contributed by atoms with van der Waals surface area (Å²) >= 11 is 3.30. The van der Waals surface area contributed by atoms with Gasteiger partial charge in [-0.25, -0.2) is 0 Å². The van der Waals surface area contributed by atoms with Gasteiger partial charge in [0.15, 0.2) is 0 Å². The molecule has 0 unspecified atom stereocenters. The maximum absolute atomic E-state index is 11.8. The number of halogens is 1. The van der Waals surface area contributed by atoms with Crippen LogP contribution in [0.4, 0.5) is 0 Å². The number of benzene rings is 1. The summed E-state index contributed by atoms with van der Waals surface area (Å²) < 4.78 is 0.832. The largest absolute Gasteiger partial charge is 0.355 e. The van der Waals surface area contributed by atoms with Crippen LogP contribution in [0.3, 0.4) is 0 Å². The van der Waals surface area contributed by atoms with Crippen LogP contribution >= 0.6 is 15.9 Å². The van der Waals surface area contributed by atoms with Gasteiger partial charge in [0.05, 0.1) is 6.54 Å². The normalized spacial score (nSPS) is 10.4. The molecule has 5 nitrogen and oxygen atoms in total. The van der Waals surface area contributed by atoms with Crippen molar-refractivity contribution in [2.24, 2.45) is 0 Å². The third kappa shape index (κ3) is 6.68. The number of hydrogen-bond donors (Lipinski definition) is 2. The highest BCUT2D eigenvalue weighted by Crippen LogP contribution is 2.11. The quantitative estimate of drug-likeness (QED) is 0.733. The highest BCUT2D eigenvalue weighted by Gasteiger charge is 2.07. The molecule has 0 aliphatic heterocycles. The lowest BCUT2D eigenvalue weighted by molar-refractivity contribution is -0.120. The number of carbonyl (C=O) groups excluding carboxylic acids is 2. The molecule has 0 atom stereocenters. The van der Waals surface area contributed by atoms with Crippen LogP contribution in [0.25, 0.3) is 0 Å². The van der Waals surface area contributed by atoms with E-state index in [0.717, 1.165) is 17.4 Å². The number of nitrogens with one attached hydrogen (secondary N) is 2.